The second kappa shape index (κ2) is 11.6. The lowest BCUT2D eigenvalue weighted by atomic mass is 10.2. The van der Waals surface area contributed by atoms with Crippen molar-refractivity contribution in [1.82, 2.24) is 0 Å². The summed E-state index contributed by atoms with van der Waals surface area (Å²) in [6, 6.07) is 29.8. The zero-order valence-electron chi connectivity index (χ0n) is 20.6. The fourth-order valence-electron chi connectivity index (χ4n) is 3.61. The summed E-state index contributed by atoms with van der Waals surface area (Å²) in [6.07, 6.45) is 0. The summed E-state index contributed by atoms with van der Waals surface area (Å²) in [5, 5.41) is 2.77. The molecule has 0 heterocycles. The lowest BCUT2D eigenvalue weighted by Gasteiger charge is -2.24. The van der Waals surface area contributed by atoms with Gasteiger partial charge in [0.25, 0.3) is 10.0 Å². The van der Waals surface area contributed by atoms with Crippen LogP contribution >= 0.6 is 0 Å². The summed E-state index contributed by atoms with van der Waals surface area (Å²) in [6.45, 7) is 1.90. The molecule has 7 nitrogen and oxygen atoms in total. The highest BCUT2D eigenvalue weighted by Gasteiger charge is 2.27. The molecule has 0 fully saturated rings. The number of ether oxygens (including phenoxy) is 2. The second-order valence-electron chi connectivity index (χ2n) is 8.37. The quantitative estimate of drug-likeness (QED) is 0.304. The molecule has 1 amide bonds. The van der Waals surface area contributed by atoms with E-state index in [2.05, 4.69) is 5.32 Å². The number of aryl methyl sites for hydroxylation is 1. The number of hydrogen-bond acceptors (Lipinski definition) is 5. The number of methoxy groups -OCH3 is 1. The largest absolute Gasteiger partial charge is 0.497 e. The minimum Gasteiger partial charge on any atom is -0.497 e. The van der Waals surface area contributed by atoms with Crippen molar-refractivity contribution in [2.45, 2.75) is 18.4 Å². The van der Waals surface area contributed by atoms with Gasteiger partial charge in [-0.25, -0.2) is 8.42 Å². The normalized spacial score (nSPS) is 11.0. The predicted molar refractivity (Wildman–Crippen MR) is 145 cm³/mol. The number of benzene rings is 4. The number of nitrogens with one attached hydrogen (secondary N) is 1. The average Bonchev–Trinajstić information content (AvgIpc) is 2.92. The van der Waals surface area contributed by atoms with Crippen LogP contribution in [-0.4, -0.2) is 28.0 Å². The molecule has 0 saturated carbocycles. The summed E-state index contributed by atoms with van der Waals surface area (Å²) in [7, 11) is -2.48. The number of amides is 1. The van der Waals surface area contributed by atoms with Crippen LogP contribution in [0.1, 0.15) is 11.1 Å². The SMILES string of the molecule is COc1ccc(N(CC(=O)Nc2ccc(OCc3ccccc3)cc2)S(=O)(=O)c2ccc(C)cc2)cc1. The number of rotatable bonds is 10. The molecule has 0 atom stereocenters. The van der Waals surface area contributed by atoms with E-state index in [0.717, 1.165) is 15.4 Å². The number of sulfonamides is 1. The molecule has 190 valence electrons. The van der Waals surface area contributed by atoms with Crippen LogP contribution in [0.2, 0.25) is 0 Å². The van der Waals surface area contributed by atoms with Gasteiger partial charge in [-0.15, -0.1) is 0 Å². The molecule has 4 rings (SSSR count). The van der Waals surface area contributed by atoms with Crippen LogP contribution in [-0.2, 0) is 21.4 Å². The maximum absolute atomic E-state index is 13.5. The van der Waals surface area contributed by atoms with Gasteiger partial charge in [-0.1, -0.05) is 48.0 Å². The highest BCUT2D eigenvalue weighted by molar-refractivity contribution is 7.92. The number of nitrogens with zero attached hydrogens (tertiary/aromatic N) is 1. The van der Waals surface area contributed by atoms with E-state index in [9.17, 15) is 13.2 Å². The van der Waals surface area contributed by atoms with Gasteiger partial charge in [-0.3, -0.25) is 9.10 Å². The minimum absolute atomic E-state index is 0.0987. The van der Waals surface area contributed by atoms with Crippen molar-refractivity contribution >= 4 is 27.3 Å². The maximum atomic E-state index is 13.5. The van der Waals surface area contributed by atoms with Crippen LogP contribution in [0.3, 0.4) is 0 Å². The Morgan fingerprint density at radius 1 is 0.811 bits per heavy atom. The van der Waals surface area contributed by atoms with Gasteiger partial charge in [0.1, 0.15) is 24.7 Å². The standard InChI is InChI=1S/C29H28N2O5S/c1-22-8-18-28(19-9-22)37(33,34)31(25-12-16-26(35-2)17-13-25)20-29(32)30-24-10-14-27(15-11-24)36-21-23-6-4-3-5-7-23/h3-19H,20-21H2,1-2H3,(H,30,32). The lowest BCUT2D eigenvalue weighted by Crippen LogP contribution is -2.38. The molecule has 0 radical (unpaired) electrons. The Morgan fingerprint density at radius 3 is 2.05 bits per heavy atom. The van der Waals surface area contributed by atoms with E-state index < -0.39 is 22.5 Å². The third-order valence-corrected chi connectivity index (χ3v) is 7.43. The molecule has 4 aromatic rings. The fraction of sp³-hybridized carbons (Fsp3) is 0.138. The van der Waals surface area contributed by atoms with E-state index >= 15 is 0 Å². The lowest BCUT2D eigenvalue weighted by molar-refractivity contribution is -0.114. The van der Waals surface area contributed by atoms with Crippen LogP contribution in [0, 0.1) is 6.92 Å². The summed E-state index contributed by atoms with van der Waals surface area (Å²) >= 11 is 0. The van der Waals surface area contributed by atoms with Crippen LogP contribution in [0.15, 0.2) is 108 Å². The molecule has 0 aliphatic rings. The number of carbonyl (C=O) groups is 1. The van der Waals surface area contributed by atoms with E-state index in [1.54, 1.807) is 60.7 Å². The van der Waals surface area contributed by atoms with E-state index in [1.165, 1.54) is 19.2 Å². The van der Waals surface area contributed by atoms with E-state index in [4.69, 9.17) is 9.47 Å². The zero-order chi connectivity index (χ0) is 26.3. The average molecular weight is 517 g/mol. The number of hydrogen-bond donors (Lipinski definition) is 1. The van der Waals surface area contributed by atoms with Crippen molar-refractivity contribution in [2.24, 2.45) is 0 Å². The summed E-state index contributed by atoms with van der Waals surface area (Å²) in [5.41, 5.74) is 2.86. The Balaban J connectivity index is 1.48. The van der Waals surface area contributed by atoms with Crippen LogP contribution < -0.4 is 19.1 Å². The first kappa shape index (κ1) is 25.8. The Morgan fingerprint density at radius 2 is 1.43 bits per heavy atom. The molecule has 0 aliphatic carbocycles. The van der Waals surface area contributed by atoms with Gasteiger partial charge < -0.3 is 14.8 Å². The van der Waals surface area contributed by atoms with Gasteiger partial charge in [-0.05, 0) is 73.2 Å². The molecule has 37 heavy (non-hydrogen) atoms. The van der Waals surface area contributed by atoms with Crippen molar-refractivity contribution in [3.63, 3.8) is 0 Å². The van der Waals surface area contributed by atoms with Crippen molar-refractivity contribution in [3.8, 4) is 11.5 Å². The van der Waals surface area contributed by atoms with Crippen molar-refractivity contribution in [2.75, 3.05) is 23.3 Å². The highest BCUT2D eigenvalue weighted by Crippen LogP contribution is 2.26. The topological polar surface area (TPSA) is 84.9 Å². The Bertz CT molecular complexity index is 1420. The van der Waals surface area contributed by atoms with Crippen LogP contribution in [0.25, 0.3) is 0 Å². The Labute approximate surface area is 217 Å². The molecule has 0 unspecified atom stereocenters. The fourth-order valence-corrected chi connectivity index (χ4v) is 5.03. The van der Waals surface area contributed by atoms with Gasteiger partial charge >= 0.3 is 0 Å². The van der Waals surface area contributed by atoms with Gasteiger partial charge in [0, 0.05) is 5.69 Å². The molecule has 0 aliphatic heterocycles. The molecule has 0 saturated heterocycles. The monoisotopic (exact) mass is 516 g/mol. The first-order valence-electron chi connectivity index (χ1n) is 11.7. The Kier molecular flexibility index (Phi) is 8.10. The summed E-state index contributed by atoms with van der Waals surface area (Å²) < 4.78 is 39.1. The highest BCUT2D eigenvalue weighted by atomic mass is 32.2. The number of carbonyl (C=O) groups excluding carboxylic acids is 1. The molecular formula is C29H28N2O5S. The summed E-state index contributed by atoms with van der Waals surface area (Å²) in [4.78, 5) is 13.1. The first-order valence-corrected chi connectivity index (χ1v) is 13.1. The molecule has 1 N–H and O–H groups in total. The molecule has 0 aromatic heterocycles. The predicted octanol–water partition coefficient (Wildman–Crippen LogP) is 5.42. The van der Waals surface area contributed by atoms with Crippen molar-refractivity contribution in [3.05, 3.63) is 114 Å². The third kappa shape index (κ3) is 6.68. The van der Waals surface area contributed by atoms with Gasteiger partial charge in [0.05, 0.1) is 17.7 Å². The maximum Gasteiger partial charge on any atom is 0.264 e. The van der Waals surface area contributed by atoms with E-state index in [1.807, 2.05) is 37.3 Å². The summed E-state index contributed by atoms with van der Waals surface area (Å²) in [5.74, 6) is 0.753. The smallest absolute Gasteiger partial charge is 0.264 e. The first-order chi connectivity index (χ1) is 17.8. The Hall–Kier alpha value is -4.30. The molecule has 0 bridgehead atoms. The number of anilines is 2. The third-order valence-electron chi connectivity index (χ3n) is 5.64. The van der Waals surface area contributed by atoms with E-state index in [0.29, 0.717) is 29.5 Å². The molecule has 8 heteroatoms. The minimum atomic E-state index is -4.01. The van der Waals surface area contributed by atoms with Gasteiger partial charge in [-0.2, -0.15) is 0 Å². The molecule has 0 spiro atoms. The van der Waals surface area contributed by atoms with Gasteiger partial charge in [0.2, 0.25) is 5.91 Å². The molecule has 4 aromatic carbocycles. The zero-order valence-corrected chi connectivity index (χ0v) is 21.4. The van der Waals surface area contributed by atoms with Crippen LogP contribution in [0.5, 0.6) is 11.5 Å². The van der Waals surface area contributed by atoms with E-state index in [-0.39, 0.29) is 4.90 Å². The van der Waals surface area contributed by atoms with Crippen molar-refractivity contribution < 1.29 is 22.7 Å². The van der Waals surface area contributed by atoms with Gasteiger partial charge in [0.15, 0.2) is 0 Å². The molecular weight excluding hydrogens is 488 g/mol. The van der Waals surface area contributed by atoms with Crippen LogP contribution in [0.4, 0.5) is 11.4 Å². The van der Waals surface area contributed by atoms with Crippen molar-refractivity contribution in [1.29, 1.82) is 0 Å². The second-order valence-corrected chi connectivity index (χ2v) is 10.2.